The van der Waals surface area contributed by atoms with E-state index in [9.17, 15) is 4.79 Å². The van der Waals surface area contributed by atoms with Crippen molar-refractivity contribution in [3.8, 4) is 10.6 Å². The minimum atomic E-state index is -0.150. The fourth-order valence-corrected chi connectivity index (χ4v) is 4.78. The summed E-state index contributed by atoms with van der Waals surface area (Å²) in [5.74, 6) is -0.0880. The van der Waals surface area contributed by atoms with E-state index in [0.717, 1.165) is 29.1 Å². The van der Waals surface area contributed by atoms with E-state index in [4.69, 9.17) is 16.3 Å². The highest BCUT2D eigenvalue weighted by atomic mass is 35.5. The molecule has 1 fully saturated rings. The average molecular weight is 428 g/mol. The fraction of sp³-hybridized carbons (Fsp3) is 0.318. The maximum atomic E-state index is 13.0. The highest BCUT2D eigenvalue weighted by Crippen LogP contribution is 2.35. The van der Waals surface area contributed by atoms with Crippen LogP contribution in [0.3, 0.4) is 0 Å². The van der Waals surface area contributed by atoms with Gasteiger partial charge in [0.15, 0.2) is 0 Å². The second-order valence-electron chi connectivity index (χ2n) is 7.26. The van der Waals surface area contributed by atoms with Gasteiger partial charge < -0.3 is 10.1 Å². The molecule has 1 amide bonds. The summed E-state index contributed by atoms with van der Waals surface area (Å²) in [7, 11) is 0. The number of benzene rings is 1. The highest BCUT2D eigenvalue weighted by Gasteiger charge is 2.35. The number of carbonyl (C=O) groups excluding carboxylic acids is 1. The van der Waals surface area contributed by atoms with Crippen LogP contribution in [-0.2, 0) is 10.2 Å². The van der Waals surface area contributed by atoms with Crippen LogP contribution >= 0.6 is 22.9 Å². The van der Waals surface area contributed by atoms with Crippen molar-refractivity contribution in [2.75, 3.05) is 19.8 Å². The minimum absolute atomic E-state index is 0.0880. The van der Waals surface area contributed by atoms with Crippen molar-refractivity contribution in [2.24, 2.45) is 0 Å². The first-order valence-corrected chi connectivity index (χ1v) is 10.8. The van der Waals surface area contributed by atoms with Crippen molar-refractivity contribution in [1.82, 2.24) is 15.3 Å². The van der Waals surface area contributed by atoms with Crippen LogP contribution in [0.25, 0.3) is 10.6 Å². The number of aryl methyl sites for hydroxylation is 1. The maximum absolute atomic E-state index is 13.0. The molecule has 2 aromatic heterocycles. The van der Waals surface area contributed by atoms with Gasteiger partial charge in [0.05, 0.1) is 5.69 Å². The number of ether oxygens (including phenoxy) is 1. The Balaban J connectivity index is 1.53. The van der Waals surface area contributed by atoms with E-state index in [0.29, 0.717) is 29.7 Å². The monoisotopic (exact) mass is 427 g/mol. The topological polar surface area (TPSA) is 64.1 Å². The van der Waals surface area contributed by atoms with Crippen LogP contribution in [0.1, 0.15) is 33.8 Å². The number of rotatable bonds is 5. The fourth-order valence-electron chi connectivity index (χ4n) is 3.68. The third-order valence-corrected chi connectivity index (χ3v) is 6.86. The number of amides is 1. The summed E-state index contributed by atoms with van der Waals surface area (Å²) in [5, 5.41) is 4.67. The molecule has 150 valence electrons. The molecule has 1 saturated heterocycles. The zero-order valence-corrected chi connectivity index (χ0v) is 17.7. The van der Waals surface area contributed by atoms with Crippen molar-refractivity contribution in [2.45, 2.75) is 25.2 Å². The van der Waals surface area contributed by atoms with Gasteiger partial charge in [-0.3, -0.25) is 9.78 Å². The molecule has 5 nitrogen and oxygen atoms in total. The Kier molecular flexibility index (Phi) is 5.94. The lowest BCUT2D eigenvalue weighted by Crippen LogP contribution is -2.44. The van der Waals surface area contributed by atoms with Crippen LogP contribution in [0.5, 0.6) is 0 Å². The predicted octanol–water partition coefficient (Wildman–Crippen LogP) is 4.65. The minimum Gasteiger partial charge on any atom is -0.381 e. The second-order valence-corrected chi connectivity index (χ2v) is 8.69. The quantitative estimate of drug-likeness (QED) is 0.644. The van der Waals surface area contributed by atoms with Gasteiger partial charge in [0, 0.05) is 48.2 Å². The molecular formula is C22H22ClN3O2S. The van der Waals surface area contributed by atoms with Gasteiger partial charge in [0.2, 0.25) is 0 Å². The van der Waals surface area contributed by atoms with E-state index in [2.05, 4.69) is 27.4 Å². The van der Waals surface area contributed by atoms with Gasteiger partial charge in [-0.1, -0.05) is 23.7 Å². The number of carbonyl (C=O) groups is 1. The van der Waals surface area contributed by atoms with Gasteiger partial charge in [0.1, 0.15) is 9.88 Å². The zero-order valence-electron chi connectivity index (χ0n) is 16.2. The predicted molar refractivity (Wildman–Crippen MR) is 116 cm³/mol. The van der Waals surface area contributed by atoms with Crippen LogP contribution in [0.4, 0.5) is 0 Å². The van der Waals surface area contributed by atoms with Crippen molar-refractivity contribution in [3.63, 3.8) is 0 Å². The molecule has 0 spiro atoms. The zero-order chi connectivity index (χ0) is 20.3. The van der Waals surface area contributed by atoms with E-state index in [1.807, 2.05) is 31.2 Å². The van der Waals surface area contributed by atoms with Gasteiger partial charge >= 0.3 is 0 Å². The van der Waals surface area contributed by atoms with E-state index in [1.165, 1.54) is 16.9 Å². The Morgan fingerprint density at radius 2 is 2.00 bits per heavy atom. The van der Waals surface area contributed by atoms with Crippen molar-refractivity contribution >= 4 is 28.8 Å². The number of hydrogen-bond donors (Lipinski definition) is 1. The molecule has 1 aliphatic heterocycles. The average Bonchev–Trinajstić information content (AvgIpc) is 3.15. The maximum Gasteiger partial charge on any atom is 0.263 e. The summed E-state index contributed by atoms with van der Waals surface area (Å²) < 4.78 is 5.58. The molecule has 0 saturated carbocycles. The number of pyridine rings is 1. The van der Waals surface area contributed by atoms with Crippen molar-refractivity contribution < 1.29 is 9.53 Å². The number of nitrogens with zero attached hydrogens (tertiary/aromatic N) is 2. The normalized spacial score (nSPS) is 15.8. The SMILES string of the molecule is Cc1nc(-c2cccnc2)sc1C(=O)NCC1(c2ccc(Cl)cc2)CCOCC1. The number of nitrogens with one attached hydrogen (secondary N) is 1. The molecule has 4 rings (SSSR count). The first-order chi connectivity index (χ1) is 14.1. The van der Waals surface area contributed by atoms with Gasteiger partial charge in [-0.05, 0) is 49.6 Å². The second kappa shape index (κ2) is 8.61. The summed E-state index contributed by atoms with van der Waals surface area (Å²) in [6, 6.07) is 11.7. The first kappa shape index (κ1) is 20.0. The third kappa shape index (κ3) is 4.34. The Morgan fingerprint density at radius 3 is 2.69 bits per heavy atom. The molecule has 3 heterocycles. The van der Waals surface area contributed by atoms with E-state index < -0.39 is 0 Å². The van der Waals surface area contributed by atoms with Crippen molar-refractivity contribution in [3.05, 3.63) is 69.9 Å². The number of halogens is 1. The Labute approximate surface area is 179 Å². The number of hydrogen-bond acceptors (Lipinski definition) is 5. The summed E-state index contributed by atoms with van der Waals surface area (Å²) in [6.45, 7) is 3.79. The molecular weight excluding hydrogens is 406 g/mol. The van der Waals surface area contributed by atoms with Crippen LogP contribution in [0, 0.1) is 6.92 Å². The van der Waals surface area contributed by atoms with Gasteiger partial charge in [0.25, 0.3) is 5.91 Å². The van der Waals surface area contributed by atoms with Crippen LogP contribution in [0.2, 0.25) is 5.02 Å². The molecule has 1 N–H and O–H groups in total. The lowest BCUT2D eigenvalue weighted by Gasteiger charge is -2.38. The van der Waals surface area contributed by atoms with Crippen LogP contribution < -0.4 is 5.32 Å². The lowest BCUT2D eigenvalue weighted by molar-refractivity contribution is 0.0487. The smallest absolute Gasteiger partial charge is 0.263 e. The van der Waals surface area contributed by atoms with Crippen LogP contribution in [0.15, 0.2) is 48.8 Å². The lowest BCUT2D eigenvalue weighted by atomic mass is 9.74. The van der Waals surface area contributed by atoms with Gasteiger partial charge in [-0.25, -0.2) is 4.98 Å². The highest BCUT2D eigenvalue weighted by molar-refractivity contribution is 7.17. The molecule has 0 bridgehead atoms. The van der Waals surface area contributed by atoms with Gasteiger partial charge in [-0.2, -0.15) is 0 Å². The first-order valence-electron chi connectivity index (χ1n) is 9.57. The van der Waals surface area contributed by atoms with Crippen molar-refractivity contribution in [1.29, 1.82) is 0 Å². The molecule has 1 aromatic carbocycles. The Bertz CT molecular complexity index is 983. The molecule has 0 atom stereocenters. The Morgan fingerprint density at radius 1 is 1.24 bits per heavy atom. The standard InChI is InChI=1S/C22H22ClN3O2S/c1-15-19(29-21(26-15)16-3-2-10-24-13-16)20(27)25-14-22(8-11-28-12-9-22)17-4-6-18(23)7-5-17/h2-7,10,13H,8-9,11-12,14H2,1H3,(H,25,27). The molecule has 0 aliphatic carbocycles. The third-order valence-electron chi connectivity index (χ3n) is 5.41. The van der Waals surface area contributed by atoms with Crippen LogP contribution in [-0.4, -0.2) is 35.6 Å². The largest absolute Gasteiger partial charge is 0.381 e. The molecule has 0 unspecified atom stereocenters. The summed E-state index contributed by atoms with van der Waals surface area (Å²) in [5.41, 5.74) is 2.69. The number of thiazole rings is 1. The van der Waals surface area contributed by atoms with E-state index >= 15 is 0 Å². The summed E-state index contributed by atoms with van der Waals surface area (Å²) in [4.78, 5) is 22.3. The summed E-state index contributed by atoms with van der Waals surface area (Å²) in [6.07, 6.45) is 5.20. The number of aromatic nitrogens is 2. The summed E-state index contributed by atoms with van der Waals surface area (Å²) >= 11 is 7.47. The Hall–Kier alpha value is -2.28. The van der Waals surface area contributed by atoms with Gasteiger partial charge in [-0.15, -0.1) is 11.3 Å². The van der Waals surface area contributed by atoms with E-state index in [-0.39, 0.29) is 11.3 Å². The van der Waals surface area contributed by atoms with E-state index in [1.54, 1.807) is 12.4 Å². The molecule has 3 aromatic rings. The molecule has 1 aliphatic rings. The molecule has 7 heteroatoms. The molecule has 29 heavy (non-hydrogen) atoms. The molecule has 0 radical (unpaired) electrons.